The molecule has 0 spiro atoms. The van der Waals surface area contributed by atoms with Crippen molar-refractivity contribution in [2.45, 2.75) is 20.0 Å². The predicted octanol–water partition coefficient (Wildman–Crippen LogP) is 4.28. The van der Waals surface area contributed by atoms with E-state index in [0.717, 1.165) is 16.9 Å². The molecule has 0 radical (unpaired) electrons. The summed E-state index contributed by atoms with van der Waals surface area (Å²) < 4.78 is 7.76. The summed E-state index contributed by atoms with van der Waals surface area (Å²) in [5.74, 6) is 1.07. The van der Waals surface area contributed by atoms with E-state index in [1.807, 2.05) is 54.3 Å². The maximum atomic E-state index is 6.54. The summed E-state index contributed by atoms with van der Waals surface area (Å²) in [5.41, 5.74) is 2.50. The third-order valence-corrected chi connectivity index (χ3v) is 4.73. The van der Waals surface area contributed by atoms with Crippen molar-refractivity contribution in [1.29, 1.82) is 0 Å². The van der Waals surface area contributed by atoms with Crippen LogP contribution in [0.25, 0.3) is 11.2 Å². The summed E-state index contributed by atoms with van der Waals surface area (Å²) in [4.78, 5) is 10.9. The number of rotatable bonds is 4. The first-order valence-electron chi connectivity index (χ1n) is 8.50. The number of hydrogen-bond acceptors (Lipinski definition) is 5. The van der Waals surface area contributed by atoms with Gasteiger partial charge in [0.15, 0.2) is 5.65 Å². The van der Waals surface area contributed by atoms with Crippen LogP contribution in [0.15, 0.2) is 48.9 Å². The van der Waals surface area contributed by atoms with Gasteiger partial charge in [0.2, 0.25) is 0 Å². The maximum absolute atomic E-state index is 6.54. The Labute approximate surface area is 157 Å². The predicted molar refractivity (Wildman–Crippen MR) is 103 cm³/mol. The number of fused-ring (bicyclic) bond motifs is 1. The first-order chi connectivity index (χ1) is 12.5. The molecule has 3 aromatic rings. The molecule has 2 aromatic heterocycles. The molecule has 0 saturated carbocycles. The molecule has 6 nitrogen and oxygen atoms in total. The third-order valence-electron chi connectivity index (χ3n) is 4.43. The van der Waals surface area contributed by atoms with E-state index in [9.17, 15) is 0 Å². The molecule has 0 fully saturated rings. The molecule has 26 heavy (non-hydrogen) atoms. The molecule has 0 aliphatic carbocycles. The topological polar surface area (TPSA) is 55.2 Å². The van der Waals surface area contributed by atoms with Gasteiger partial charge < -0.3 is 15.0 Å². The number of benzene rings is 1. The van der Waals surface area contributed by atoms with Gasteiger partial charge in [-0.25, -0.2) is 4.98 Å². The van der Waals surface area contributed by atoms with Gasteiger partial charge in [0, 0.05) is 31.7 Å². The van der Waals surface area contributed by atoms with Gasteiger partial charge in [0.05, 0.1) is 10.7 Å². The van der Waals surface area contributed by atoms with Gasteiger partial charge >= 0.3 is 6.01 Å². The van der Waals surface area contributed by atoms with Gasteiger partial charge in [-0.15, -0.1) is 0 Å². The summed E-state index contributed by atoms with van der Waals surface area (Å²) in [7, 11) is 1.88. The van der Waals surface area contributed by atoms with Crippen LogP contribution in [-0.4, -0.2) is 20.7 Å². The second kappa shape index (κ2) is 6.53. The van der Waals surface area contributed by atoms with E-state index >= 15 is 0 Å². The number of pyridine rings is 1. The van der Waals surface area contributed by atoms with Crippen molar-refractivity contribution in [3.63, 3.8) is 0 Å². The lowest BCUT2D eigenvalue weighted by Crippen LogP contribution is -2.39. The quantitative estimate of drug-likeness (QED) is 0.744. The van der Waals surface area contributed by atoms with Gasteiger partial charge in [-0.2, -0.15) is 4.98 Å². The maximum Gasteiger partial charge on any atom is 0.303 e. The van der Waals surface area contributed by atoms with E-state index < -0.39 is 0 Å². The lowest BCUT2D eigenvalue weighted by Gasteiger charge is -2.29. The molecule has 0 bridgehead atoms. The second-order valence-electron chi connectivity index (χ2n) is 6.59. The molecule has 1 aliphatic heterocycles. The number of anilines is 1. The zero-order chi connectivity index (χ0) is 18.3. The molecular formula is C19H20ClN5O. The van der Waals surface area contributed by atoms with Crippen LogP contribution in [0, 0.1) is 5.92 Å². The van der Waals surface area contributed by atoms with E-state index in [4.69, 9.17) is 16.3 Å². The van der Waals surface area contributed by atoms with Crippen LogP contribution in [0.2, 0.25) is 5.02 Å². The van der Waals surface area contributed by atoms with Crippen LogP contribution in [0.3, 0.4) is 0 Å². The highest BCUT2D eigenvalue weighted by Gasteiger charge is 2.25. The van der Waals surface area contributed by atoms with Gasteiger partial charge in [0.25, 0.3) is 0 Å². The van der Waals surface area contributed by atoms with E-state index in [-0.39, 0.29) is 6.17 Å². The van der Waals surface area contributed by atoms with Crippen LogP contribution in [0.1, 0.15) is 13.8 Å². The average molecular weight is 370 g/mol. The van der Waals surface area contributed by atoms with E-state index in [1.165, 1.54) is 0 Å². The van der Waals surface area contributed by atoms with Crippen LogP contribution in [0.4, 0.5) is 5.69 Å². The highest BCUT2D eigenvalue weighted by molar-refractivity contribution is 6.33. The Kier molecular flexibility index (Phi) is 4.20. The number of hydrogen-bond donors (Lipinski definition) is 1. The summed E-state index contributed by atoms with van der Waals surface area (Å²) in [6, 6.07) is 9.92. The molecule has 1 atom stereocenters. The van der Waals surface area contributed by atoms with Crippen LogP contribution < -0.4 is 15.0 Å². The van der Waals surface area contributed by atoms with Crippen molar-refractivity contribution in [3.05, 3.63) is 54.0 Å². The third kappa shape index (κ3) is 2.86. The van der Waals surface area contributed by atoms with Crippen molar-refractivity contribution in [2.75, 3.05) is 4.90 Å². The second-order valence-corrected chi connectivity index (χ2v) is 7.00. The average Bonchev–Trinajstić information content (AvgIpc) is 3.21. The monoisotopic (exact) mass is 369 g/mol. The van der Waals surface area contributed by atoms with Crippen LogP contribution in [-0.2, 0) is 7.05 Å². The number of aromatic nitrogens is 3. The molecule has 1 aliphatic rings. The van der Waals surface area contributed by atoms with E-state index in [2.05, 4.69) is 34.0 Å². The Bertz CT molecular complexity index is 981. The normalized spacial score (nSPS) is 16.5. The largest absolute Gasteiger partial charge is 0.425 e. The minimum absolute atomic E-state index is 0.185. The standard InChI is InChI=1S/C19H20ClN5O/c1-12(2)17-22-9-10-25(17)16-7-6-13(11-14(16)20)26-19-23-15-5-4-8-21-18(15)24(19)3/h4-12,17,22H,1-3H3. The fourth-order valence-electron chi connectivity index (χ4n) is 3.10. The summed E-state index contributed by atoms with van der Waals surface area (Å²) >= 11 is 6.54. The van der Waals surface area contributed by atoms with Crippen molar-refractivity contribution < 1.29 is 4.74 Å². The van der Waals surface area contributed by atoms with E-state index in [0.29, 0.717) is 22.7 Å². The fraction of sp³-hybridized carbons (Fsp3) is 0.263. The van der Waals surface area contributed by atoms with Crippen LogP contribution in [0.5, 0.6) is 11.8 Å². The molecule has 4 rings (SSSR count). The minimum Gasteiger partial charge on any atom is -0.425 e. The Morgan fingerprint density at radius 1 is 1.27 bits per heavy atom. The van der Waals surface area contributed by atoms with Crippen molar-refractivity contribution >= 4 is 28.5 Å². The SMILES string of the molecule is CC(C)C1NC=CN1c1ccc(Oc2nc3cccnc3n2C)cc1Cl. The van der Waals surface area contributed by atoms with Gasteiger partial charge in [-0.05, 0) is 30.2 Å². The smallest absolute Gasteiger partial charge is 0.303 e. The number of nitrogens with one attached hydrogen (secondary N) is 1. The molecule has 1 N–H and O–H groups in total. The van der Waals surface area contributed by atoms with E-state index in [1.54, 1.807) is 6.20 Å². The zero-order valence-corrected chi connectivity index (χ0v) is 15.6. The molecule has 7 heteroatoms. The Morgan fingerprint density at radius 2 is 2.12 bits per heavy atom. The zero-order valence-electron chi connectivity index (χ0n) is 14.8. The Balaban J connectivity index is 1.61. The molecule has 1 aromatic carbocycles. The number of nitrogens with zero attached hydrogens (tertiary/aromatic N) is 4. The number of halogens is 1. The Morgan fingerprint density at radius 3 is 2.85 bits per heavy atom. The number of ether oxygens (including phenoxy) is 1. The number of aryl methyl sites for hydroxylation is 1. The minimum atomic E-state index is 0.185. The summed E-state index contributed by atoms with van der Waals surface area (Å²) in [6.45, 7) is 4.34. The van der Waals surface area contributed by atoms with Gasteiger partial charge in [0.1, 0.15) is 17.4 Å². The Hall–Kier alpha value is -2.73. The summed E-state index contributed by atoms with van der Waals surface area (Å²) in [6.07, 6.45) is 5.87. The van der Waals surface area contributed by atoms with Crippen molar-refractivity contribution in [3.8, 4) is 11.8 Å². The molecule has 1 unspecified atom stereocenters. The first-order valence-corrected chi connectivity index (χ1v) is 8.88. The highest BCUT2D eigenvalue weighted by Crippen LogP contribution is 2.35. The number of imidazole rings is 1. The molecule has 3 heterocycles. The lowest BCUT2D eigenvalue weighted by atomic mass is 10.1. The molecule has 0 amide bonds. The van der Waals surface area contributed by atoms with Crippen LogP contribution >= 0.6 is 11.6 Å². The van der Waals surface area contributed by atoms with Gasteiger partial charge in [-0.3, -0.25) is 4.57 Å². The first kappa shape index (κ1) is 16.7. The lowest BCUT2D eigenvalue weighted by molar-refractivity contribution is 0.427. The highest BCUT2D eigenvalue weighted by atomic mass is 35.5. The fourth-order valence-corrected chi connectivity index (χ4v) is 3.37. The van der Waals surface area contributed by atoms with Gasteiger partial charge in [-0.1, -0.05) is 25.4 Å². The summed E-state index contributed by atoms with van der Waals surface area (Å²) in [5, 5.41) is 3.97. The van der Waals surface area contributed by atoms with Crippen molar-refractivity contribution in [2.24, 2.45) is 13.0 Å². The molecule has 134 valence electrons. The molecular weight excluding hydrogens is 350 g/mol. The van der Waals surface area contributed by atoms with Crippen molar-refractivity contribution in [1.82, 2.24) is 19.9 Å². The molecule has 0 saturated heterocycles.